The first-order valence-corrected chi connectivity index (χ1v) is 14.1. The Morgan fingerprint density at radius 1 is 1.10 bits per heavy atom. The zero-order valence-electron chi connectivity index (χ0n) is 23.5. The molecule has 1 unspecified atom stereocenters. The number of nitrogens with zero attached hydrogens (tertiary/aromatic N) is 4. The van der Waals surface area contributed by atoms with Crippen LogP contribution in [0.1, 0.15) is 54.6 Å². The van der Waals surface area contributed by atoms with Gasteiger partial charge in [-0.1, -0.05) is 13.8 Å². The zero-order valence-corrected chi connectivity index (χ0v) is 23.5. The minimum Gasteiger partial charge on any atom is -0.465 e. The molecule has 7 nitrogen and oxygen atoms in total. The second-order valence-electron chi connectivity index (χ2n) is 11.6. The van der Waals surface area contributed by atoms with Gasteiger partial charge in [-0.2, -0.15) is 0 Å². The van der Waals surface area contributed by atoms with Crippen LogP contribution in [0.25, 0.3) is 16.6 Å². The number of hydrogen-bond acceptors (Lipinski definition) is 5. The molecular formula is C31H39FN4O3. The summed E-state index contributed by atoms with van der Waals surface area (Å²) in [7, 11) is 1.31. The highest BCUT2D eigenvalue weighted by Crippen LogP contribution is 2.33. The molecule has 2 aromatic heterocycles. The fourth-order valence-electron chi connectivity index (χ4n) is 6.41. The third-order valence-corrected chi connectivity index (χ3v) is 8.42. The van der Waals surface area contributed by atoms with E-state index in [0.29, 0.717) is 17.5 Å². The highest BCUT2D eigenvalue weighted by molar-refractivity contribution is 5.95. The number of ether oxygens (including phenoxy) is 1. The minimum absolute atomic E-state index is 0.0707. The Labute approximate surface area is 229 Å². The number of amides is 1. The zero-order chi connectivity index (χ0) is 27.7. The molecular weight excluding hydrogens is 495 g/mol. The average Bonchev–Trinajstić information content (AvgIpc) is 3.53. The summed E-state index contributed by atoms with van der Waals surface area (Å²) in [6.07, 6.45) is 10.0. The molecule has 2 aliphatic heterocycles. The van der Waals surface area contributed by atoms with Crippen LogP contribution >= 0.6 is 0 Å². The maximum atomic E-state index is 14.1. The van der Waals surface area contributed by atoms with Crippen molar-refractivity contribution < 1.29 is 18.7 Å². The second-order valence-corrected chi connectivity index (χ2v) is 11.6. The number of rotatable bonds is 7. The molecule has 2 fully saturated rings. The maximum Gasteiger partial charge on any atom is 0.340 e. The van der Waals surface area contributed by atoms with E-state index in [0.717, 1.165) is 74.9 Å². The summed E-state index contributed by atoms with van der Waals surface area (Å²) in [6, 6.07) is 4.23. The fraction of sp³-hybridized carbons (Fsp3) is 0.516. The van der Waals surface area contributed by atoms with Gasteiger partial charge in [-0.05, 0) is 80.3 Å². The molecule has 8 heteroatoms. The lowest BCUT2D eigenvalue weighted by atomic mass is 9.95. The normalized spacial score (nSPS) is 18.8. The van der Waals surface area contributed by atoms with E-state index in [4.69, 9.17) is 4.74 Å². The topological polar surface area (TPSA) is 67.7 Å². The Morgan fingerprint density at radius 3 is 2.56 bits per heavy atom. The molecule has 39 heavy (non-hydrogen) atoms. The molecule has 0 radical (unpaired) electrons. The summed E-state index contributed by atoms with van der Waals surface area (Å²) in [6.45, 7) is 11.0. The lowest BCUT2D eigenvalue weighted by Crippen LogP contribution is -2.42. The summed E-state index contributed by atoms with van der Waals surface area (Å²) in [4.78, 5) is 33.9. The van der Waals surface area contributed by atoms with Gasteiger partial charge in [0.15, 0.2) is 0 Å². The molecule has 0 bridgehead atoms. The van der Waals surface area contributed by atoms with Gasteiger partial charge in [0.05, 0.1) is 30.1 Å². The quantitative estimate of drug-likeness (QED) is 0.398. The van der Waals surface area contributed by atoms with E-state index in [2.05, 4.69) is 23.0 Å². The van der Waals surface area contributed by atoms with Crippen molar-refractivity contribution in [3.63, 3.8) is 0 Å². The average molecular weight is 535 g/mol. The highest BCUT2D eigenvalue weighted by atomic mass is 19.1. The fourth-order valence-corrected chi connectivity index (χ4v) is 6.41. The third-order valence-electron chi connectivity index (χ3n) is 8.42. The monoisotopic (exact) mass is 534 g/mol. The number of carbonyl (C=O) groups is 2. The predicted octanol–water partition coefficient (Wildman–Crippen LogP) is 5.02. The molecule has 2 saturated heterocycles. The number of pyridine rings is 1. The van der Waals surface area contributed by atoms with Crippen molar-refractivity contribution in [3.05, 3.63) is 59.3 Å². The van der Waals surface area contributed by atoms with E-state index in [1.165, 1.54) is 24.8 Å². The molecule has 1 atom stereocenters. The molecule has 1 amide bonds. The van der Waals surface area contributed by atoms with Gasteiger partial charge in [0, 0.05) is 49.9 Å². The van der Waals surface area contributed by atoms with Gasteiger partial charge in [-0.15, -0.1) is 0 Å². The first kappa shape index (κ1) is 27.3. The predicted molar refractivity (Wildman–Crippen MR) is 149 cm³/mol. The number of methoxy groups -OCH3 is 1. The lowest BCUT2D eigenvalue weighted by molar-refractivity contribution is -0.135. The van der Waals surface area contributed by atoms with Crippen LogP contribution in [0.4, 0.5) is 4.39 Å². The Hall–Kier alpha value is -3.26. The summed E-state index contributed by atoms with van der Waals surface area (Å²) in [5, 5.41) is 1.14. The van der Waals surface area contributed by atoms with Crippen molar-refractivity contribution in [2.75, 3.05) is 39.8 Å². The van der Waals surface area contributed by atoms with Gasteiger partial charge in [0.25, 0.3) is 0 Å². The van der Waals surface area contributed by atoms with E-state index >= 15 is 0 Å². The van der Waals surface area contributed by atoms with Crippen molar-refractivity contribution in [1.82, 2.24) is 19.4 Å². The largest absolute Gasteiger partial charge is 0.465 e. The molecule has 0 aliphatic carbocycles. The standard InChI is InChI=1S/C31H39FN4O3/c1-20(2)30(37)35-11-8-22(9-12-35)17-34-10-7-23(18-34)13-24-19-36(28-16-33-15-21(3)29(24)28)27-6-5-25(32)14-26(27)31(38)39-4/h5-6,14-16,19-20,22-23H,7-13,17-18H2,1-4H3. The van der Waals surface area contributed by atoms with Crippen LogP contribution in [-0.2, 0) is 16.0 Å². The van der Waals surface area contributed by atoms with Gasteiger partial charge in [-0.25, -0.2) is 9.18 Å². The van der Waals surface area contributed by atoms with Crippen LogP contribution in [-0.4, -0.2) is 71.1 Å². The highest BCUT2D eigenvalue weighted by Gasteiger charge is 2.29. The van der Waals surface area contributed by atoms with Gasteiger partial charge in [0.2, 0.25) is 5.91 Å². The number of aryl methyl sites for hydroxylation is 1. The molecule has 2 aliphatic rings. The van der Waals surface area contributed by atoms with Gasteiger partial charge >= 0.3 is 5.97 Å². The first-order valence-electron chi connectivity index (χ1n) is 14.1. The summed E-state index contributed by atoms with van der Waals surface area (Å²) < 4.78 is 21.0. The number of aromatic nitrogens is 2. The number of hydrogen-bond donors (Lipinski definition) is 0. The van der Waals surface area contributed by atoms with Crippen LogP contribution in [0.5, 0.6) is 0 Å². The minimum atomic E-state index is -0.570. The SMILES string of the molecule is COC(=O)c1cc(F)ccc1-n1cc(CC2CCN(CC3CCN(C(=O)C(C)C)CC3)C2)c2c(C)cncc21. The van der Waals surface area contributed by atoms with Crippen molar-refractivity contribution in [1.29, 1.82) is 0 Å². The Balaban J connectivity index is 1.31. The second kappa shape index (κ2) is 11.5. The summed E-state index contributed by atoms with van der Waals surface area (Å²) in [5.41, 5.74) is 3.98. The number of carbonyl (C=O) groups excluding carboxylic acids is 2. The van der Waals surface area contributed by atoms with E-state index in [1.54, 1.807) is 6.07 Å². The van der Waals surface area contributed by atoms with Crippen LogP contribution < -0.4 is 0 Å². The number of benzene rings is 1. The van der Waals surface area contributed by atoms with Gasteiger partial charge in [-0.3, -0.25) is 9.78 Å². The summed E-state index contributed by atoms with van der Waals surface area (Å²) >= 11 is 0. The number of esters is 1. The number of fused-ring (bicyclic) bond motifs is 1. The van der Waals surface area contributed by atoms with Crippen LogP contribution in [0.15, 0.2) is 36.8 Å². The van der Waals surface area contributed by atoms with Crippen molar-refractivity contribution in [3.8, 4) is 5.69 Å². The number of halogens is 1. The van der Waals surface area contributed by atoms with E-state index in [1.807, 2.05) is 35.7 Å². The smallest absolute Gasteiger partial charge is 0.340 e. The molecule has 0 saturated carbocycles. The Morgan fingerprint density at radius 2 is 1.85 bits per heavy atom. The van der Waals surface area contributed by atoms with Crippen molar-refractivity contribution >= 4 is 22.8 Å². The number of likely N-dealkylation sites (tertiary alicyclic amines) is 2. The molecule has 208 valence electrons. The lowest BCUT2D eigenvalue weighted by Gasteiger charge is -2.34. The first-order chi connectivity index (χ1) is 18.7. The van der Waals surface area contributed by atoms with E-state index < -0.39 is 11.8 Å². The number of piperidine rings is 1. The van der Waals surface area contributed by atoms with Crippen LogP contribution in [0.2, 0.25) is 0 Å². The van der Waals surface area contributed by atoms with Crippen molar-refractivity contribution in [2.45, 2.75) is 46.5 Å². The molecule has 5 rings (SSSR count). The molecule has 1 aromatic carbocycles. The molecule has 3 aromatic rings. The van der Waals surface area contributed by atoms with Crippen LogP contribution in [0, 0.1) is 30.5 Å². The maximum absolute atomic E-state index is 14.1. The van der Waals surface area contributed by atoms with Gasteiger partial charge in [0.1, 0.15) is 5.82 Å². The third kappa shape index (κ3) is 5.71. The van der Waals surface area contributed by atoms with Crippen LogP contribution in [0.3, 0.4) is 0 Å². The molecule has 0 spiro atoms. The molecule has 4 heterocycles. The Kier molecular flexibility index (Phi) is 8.03. The van der Waals surface area contributed by atoms with E-state index in [-0.39, 0.29) is 17.4 Å². The van der Waals surface area contributed by atoms with Crippen molar-refractivity contribution in [2.24, 2.45) is 17.8 Å². The summed E-state index contributed by atoms with van der Waals surface area (Å²) in [5.74, 6) is 0.478. The molecule has 0 N–H and O–H groups in total. The Bertz CT molecular complexity index is 1360. The van der Waals surface area contributed by atoms with Gasteiger partial charge < -0.3 is 19.1 Å². The van der Waals surface area contributed by atoms with E-state index in [9.17, 15) is 14.0 Å².